The summed E-state index contributed by atoms with van der Waals surface area (Å²) in [5.74, 6) is -0.134. The molecule has 0 amide bonds. The third-order valence-corrected chi connectivity index (χ3v) is 3.97. The molecule has 2 aromatic rings. The van der Waals surface area contributed by atoms with Crippen LogP contribution in [0.25, 0.3) is 5.03 Å². The summed E-state index contributed by atoms with van der Waals surface area (Å²) in [6.07, 6.45) is 0. The molecule has 0 saturated heterocycles. The topological polar surface area (TPSA) is 0 Å². The standard InChI is InChI=1S/C16H12ClF/c1-10-15(11-5-4-6-12(18)9-11)13-7-2-3-8-14(13)16(10)17/h2-9,15H,1H3. The van der Waals surface area contributed by atoms with E-state index >= 15 is 0 Å². The zero-order valence-electron chi connectivity index (χ0n) is 9.95. The zero-order valence-corrected chi connectivity index (χ0v) is 10.7. The maximum absolute atomic E-state index is 13.4. The fraction of sp³-hybridized carbons (Fsp3) is 0.125. The van der Waals surface area contributed by atoms with Crippen molar-refractivity contribution in [2.24, 2.45) is 0 Å². The summed E-state index contributed by atoms with van der Waals surface area (Å²) in [5.41, 5.74) is 4.26. The highest BCUT2D eigenvalue weighted by atomic mass is 35.5. The molecule has 0 saturated carbocycles. The Morgan fingerprint density at radius 3 is 2.61 bits per heavy atom. The van der Waals surface area contributed by atoms with Crippen LogP contribution < -0.4 is 0 Å². The van der Waals surface area contributed by atoms with Crippen LogP contribution in [0.5, 0.6) is 0 Å². The molecule has 1 aliphatic carbocycles. The van der Waals surface area contributed by atoms with Gasteiger partial charge < -0.3 is 0 Å². The van der Waals surface area contributed by atoms with Crippen molar-refractivity contribution in [3.63, 3.8) is 0 Å². The van der Waals surface area contributed by atoms with E-state index in [9.17, 15) is 4.39 Å². The van der Waals surface area contributed by atoms with Crippen LogP contribution in [-0.4, -0.2) is 0 Å². The average Bonchev–Trinajstić information content (AvgIpc) is 2.63. The SMILES string of the molecule is CC1=C(Cl)c2ccccc2C1c1cccc(F)c1. The molecule has 0 fully saturated rings. The van der Waals surface area contributed by atoms with Crippen molar-refractivity contribution in [1.82, 2.24) is 0 Å². The molecule has 3 rings (SSSR count). The molecule has 0 bridgehead atoms. The first kappa shape index (κ1) is 11.5. The van der Waals surface area contributed by atoms with E-state index < -0.39 is 0 Å². The number of rotatable bonds is 1. The van der Waals surface area contributed by atoms with Crippen molar-refractivity contribution in [2.75, 3.05) is 0 Å². The van der Waals surface area contributed by atoms with E-state index in [2.05, 4.69) is 6.07 Å². The van der Waals surface area contributed by atoms with Crippen molar-refractivity contribution in [3.05, 3.63) is 76.6 Å². The lowest BCUT2D eigenvalue weighted by molar-refractivity contribution is 0.625. The summed E-state index contributed by atoms with van der Waals surface area (Å²) in [4.78, 5) is 0. The van der Waals surface area contributed by atoms with Gasteiger partial charge in [-0.15, -0.1) is 0 Å². The molecule has 1 aliphatic rings. The van der Waals surface area contributed by atoms with E-state index in [0.29, 0.717) is 0 Å². The molecule has 0 nitrogen and oxygen atoms in total. The fourth-order valence-corrected chi connectivity index (χ4v) is 2.92. The fourth-order valence-electron chi connectivity index (χ4n) is 2.64. The normalized spacial score (nSPS) is 18.1. The second-order valence-electron chi connectivity index (χ2n) is 4.57. The summed E-state index contributed by atoms with van der Waals surface area (Å²) in [6, 6.07) is 14.8. The minimum atomic E-state index is -0.208. The van der Waals surface area contributed by atoms with E-state index in [4.69, 9.17) is 11.6 Å². The van der Waals surface area contributed by atoms with Crippen LogP contribution >= 0.6 is 11.6 Å². The lowest BCUT2D eigenvalue weighted by Crippen LogP contribution is -1.99. The third kappa shape index (κ3) is 1.67. The Morgan fingerprint density at radius 2 is 1.83 bits per heavy atom. The minimum absolute atomic E-state index is 0.0735. The van der Waals surface area contributed by atoms with Gasteiger partial charge in [0.25, 0.3) is 0 Å². The van der Waals surface area contributed by atoms with Crippen LogP contribution in [0.3, 0.4) is 0 Å². The third-order valence-electron chi connectivity index (χ3n) is 3.47. The maximum Gasteiger partial charge on any atom is 0.123 e. The Kier molecular flexibility index (Phi) is 2.71. The molecule has 90 valence electrons. The van der Waals surface area contributed by atoms with Crippen molar-refractivity contribution in [3.8, 4) is 0 Å². The number of halogens is 2. The minimum Gasteiger partial charge on any atom is -0.207 e. The molecule has 0 N–H and O–H groups in total. The van der Waals surface area contributed by atoms with Gasteiger partial charge in [0.15, 0.2) is 0 Å². The highest BCUT2D eigenvalue weighted by Crippen LogP contribution is 2.46. The molecule has 1 atom stereocenters. The van der Waals surface area contributed by atoms with Gasteiger partial charge in [0.1, 0.15) is 5.82 Å². The Balaban J connectivity index is 2.19. The summed E-state index contributed by atoms with van der Waals surface area (Å²) in [7, 11) is 0. The smallest absolute Gasteiger partial charge is 0.123 e. The van der Waals surface area contributed by atoms with Crippen molar-refractivity contribution < 1.29 is 4.39 Å². The molecule has 0 spiro atoms. The first-order chi connectivity index (χ1) is 8.68. The summed E-state index contributed by atoms with van der Waals surface area (Å²) < 4.78 is 13.4. The first-order valence-electron chi connectivity index (χ1n) is 5.89. The largest absolute Gasteiger partial charge is 0.207 e. The van der Waals surface area contributed by atoms with Gasteiger partial charge in [-0.1, -0.05) is 48.0 Å². The summed E-state index contributed by atoms with van der Waals surface area (Å²) in [6.45, 7) is 2.01. The van der Waals surface area contributed by atoms with Gasteiger partial charge in [-0.05, 0) is 41.3 Å². The van der Waals surface area contributed by atoms with Gasteiger partial charge in [0.05, 0.1) is 0 Å². The Hall–Kier alpha value is -1.60. The predicted molar refractivity (Wildman–Crippen MR) is 73.1 cm³/mol. The number of benzene rings is 2. The summed E-state index contributed by atoms with van der Waals surface area (Å²) >= 11 is 6.36. The highest BCUT2D eigenvalue weighted by Gasteiger charge is 2.28. The van der Waals surface area contributed by atoms with E-state index in [-0.39, 0.29) is 11.7 Å². The first-order valence-corrected chi connectivity index (χ1v) is 6.27. The van der Waals surface area contributed by atoms with Gasteiger partial charge in [0, 0.05) is 11.0 Å². The van der Waals surface area contributed by atoms with Crippen LogP contribution in [0.15, 0.2) is 54.1 Å². The maximum atomic E-state index is 13.4. The molecule has 0 aromatic heterocycles. The molecule has 2 heteroatoms. The van der Waals surface area contributed by atoms with Crippen molar-refractivity contribution in [1.29, 1.82) is 0 Å². The quantitative estimate of drug-likeness (QED) is 0.680. The van der Waals surface area contributed by atoms with E-state index in [1.807, 2.05) is 31.2 Å². The van der Waals surface area contributed by atoms with Gasteiger partial charge in [-0.25, -0.2) is 4.39 Å². The number of hydrogen-bond donors (Lipinski definition) is 0. The predicted octanol–water partition coefficient (Wildman–Crippen LogP) is 4.94. The van der Waals surface area contributed by atoms with Gasteiger partial charge in [-0.2, -0.15) is 0 Å². The van der Waals surface area contributed by atoms with Gasteiger partial charge >= 0.3 is 0 Å². The van der Waals surface area contributed by atoms with Crippen molar-refractivity contribution in [2.45, 2.75) is 12.8 Å². The van der Waals surface area contributed by atoms with Gasteiger partial charge in [0.2, 0.25) is 0 Å². The second kappa shape index (κ2) is 4.25. The molecular weight excluding hydrogens is 247 g/mol. The highest BCUT2D eigenvalue weighted by molar-refractivity contribution is 6.50. The Labute approximate surface area is 111 Å². The summed E-state index contributed by atoms with van der Waals surface area (Å²) in [5, 5.41) is 0.792. The Bertz CT molecular complexity index is 643. The van der Waals surface area contributed by atoms with Gasteiger partial charge in [-0.3, -0.25) is 0 Å². The lowest BCUT2D eigenvalue weighted by Gasteiger charge is -2.14. The Morgan fingerprint density at radius 1 is 1.06 bits per heavy atom. The molecule has 0 radical (unpaired) electrons. The molecule has 1 unspecified atom stereocenters. The van der Waals surface area contributed by atoms with Crippen LogP contribution in [0.2, 0.25) is 0 Å². The second-order valence-corrected chi connectivity index (χ2v) is 4.95. The number of hydrogen-bond acceptors (Lipinski definition) is 0. The van der Waals surface area contributed by atoms with E-state index in [1.165, 1.54) is 6.07 Å². The number of fused-ring (bicyclic) bond motifs is 1. The van der Waals surface area contributed by atoms with E-state index in [1.54, 1.807) is 12.1 Å². The van der Waals surface area contributed by atoms with Crippen LogP contribution in [-0.2, 0) is 0 Å². The monoisotopic (exact) mass is 258 g/mol. The van der Waals surface area contributed by atoms with E-state index in [0.717, 1.165) is 27.3 Å². The molecule has 2 aromatic carbocycles. The lowest BCUT2D eigenvalue weighted by atomic mass is 9.89. The zero-order chi connectivity index (χ0) is 12.7. The number of allylic oxidation sites excluding steroid dienone is 1. The van der Waals surface area contributed by atoms with Crippen LogP contribution in [0, 0.1) is 5.82 Å². The molecule has 0 aliphatic heterocycles. The van der Waals surface area contributed by atoms with Crippen LogP contribution in [0.1, 0.15) is 29.5 Å². The van der Waals surface area contributed by atoms with Crippen LogP contribution in [0.4, 0.5) is 4.39 Å². The molecule has 0 heterocycles. The van der Waals surface area contributed by atoms with Crippen molar-refractivity contribution >= 4 is 16.6 Å². The molecular formula is C16H12ClF. The average molecular weight is 259 g/mol. The molecule has 18 heavy (non-hydrogen) atoms.